The molecule has 7 nitrogen and oxygen atoms in total. The van der Waals surface area contributed by atoms with Crippen LogP contribution < -0.4 is 10.6 Å². The number of piperidine rings is 1. The van der Waals surface area contributed by atoms with Crippen molar-refractivity contribution in [1.82, 2.24) is 25.3 Å². The van der Waals surface area contributed by atoms with E-state index in [9.17, 15) is 9.59 Å². The smallest absolute Gasteiger partial charge is 0.262 e. The molecule has 3 unspecified atom stereocenters. The number of nitrogens with one attached hydrogen (secondary N) is 2. The highest BCUT2D eigenvalue weighted by atomic mass is 35.5. The van der Waals surface area contributed by atoms with Crippen LogP contribution in [0.3, 0.4) is 0 Å². The number of thiophene rings is 1. The third-order valence-corrected chi connectivity index (χ3v) is 7.18. The topological polar surface area (TPSA) is 79.3 Å². The highest BCUT2D eigenvalue weighted by Gasteiger charge is 2.37. The van der Waals surface area contributed by atoms with E-state index in [1.165, 1.54) is 24.2 Å². The van der Waals surface area contributed by atoms with E-state index in [4.69, 9.17) is 0 Å². The number of amides is 2. The molecule has 2 aromatic rings. The zero-order valence-corrected chi connectivity index (χ0v) is 18.3. The molecular weight excluding hydrogens is 398 g/mol. The Morgan fingerprint density at radius 1 is 1.36 bits per heavy atom. The van der Waals surface area contributed by atoms with Gasteiger partial charge in [0.15, 0.2) is 0 Å². The van der Waals surface area contributed by atoms with Crippen molar-refractivity contribution in [1.29, 1.82) is 0 Å². The van der Waals surface area contributed by atoms with Crippen LogP contribution in [0.25, 0.3) is 10.2 Å². The van der Waals surface area contributed by atoms with Gasteiger partial charge in [0.1, 0.15) is 10.9 Å². The number of carbonyl (C=O) groups excluding carboxylic acids is 2. The van der Waals surface area contributed by atoms with Gasteiger partial charge in [-0.25, -0.2) is 0 Å². The quantitative estimate of drug-likeness (QED) is 0.787. The van der Waals surface area contributed by atoms with E-state index < -0.39 is 6.04 Å². The Kier molecular flexibility index (Phi) is 6.03. The molecule has 0 saturated carbocycles. The van der Waals surface area contributed by atoms with Gasteiger partial charge in [-0.05, 0) is 45.6 Å². The summed E-state index contributed by atoms with van der Waals surface area (Å²) in [4.78, 5) is 28.9. The predicted octanol–water partition coefficient (Wildman–Crippen LogP) is 2.22. The Labute approximate surface area is 175 Å². The lowest BCUT2D eigenvalue weighted by Crippen LogP contribution is -2.53. The molecule has 4 rings (SSSR count). The van der Waals surface area contributed by atoms with Gasteiger partial charge < -0.3 is 15.5 Å². The van der Waals surface area contributed by atoms with Gasteiger partial charge >= 0.3 is 0 Å². The van der Waals surface area contributed by atoms with E-state index in [1.54, 1.807) is 11.6 Å². The summed E-state index contributed by atoms with van der Waals surface area (Å²) in [5.74, 6) is -0.219. The van der Waals surface area contributed by atoms with E-state index in [1.807, 2.05) is 32.0 Å². The van der Waals surface area contributed by atoms with Crippen molar-refractivity contribution < 1.29 is 9.59 Å². The largest absolute Gasteiger partial charge is 0.341 e. The van der Waals surface area contributed by atoms with Crippen LogP contribution >= 0.6 is 23.7 Å². The highest BCUT2D eigenvalue weighted by Crippen LogP contribution is 2.30. The summed E-state index contributed by atoms with van der Waals surface area (Å²) in [5.41, 5.74) is 0.909. The van der Waals surface area contributed by atoms with Gasteiger partial charge in [-0.15, -0.1) is 23.7 Å². The first kappa shape index (κ1) is 21.1. The summed E-state index contributed by atoms with van der Waals surface area (Å²) in [6, 6.07) is 2.64. The Hall–Kier alpha value is -1.64. The molecule has 154 valence electrons. The molecule has 0 spiro atoms. The second kappa shape index (κ2) is 8.00. The average Bonchev–Trinajstić information content (AvgIpc) is 3.30. The lowest BCUT2D eigenvalue weighted by Gasteiger charge is -2.36. The molecule has 28 heavy (non-hydrogen) atoms. The minimum Gasteiger partial charge on any atom is -0.341 e. The van der Waals surface area contributed by atoms with Crippen molar-refractivity contribution in [3.8, 4) is 0 Å². The van der Waals surface area contributed by atoms with Crippen molar-refractivity contribution >= 4 is 45.8 Å². The van der Waals surface area contributed by atoms with Crippen LogP contribution in [-0.2, 0) is 11.8 Å². The fourth-order valence-corrected chi connectivity index (χ4v) is 5.50. The fourth-order valence-electron chi connectivity index (χ4n) is 4.48. The van der Waals surface area contributed by atoms with Gasteiger partial charge in [-0.2, -0.15) is 5.10 Å². The molecular formula is C19H28ClN5O2S. The maximum atomic E-state index is 12.9. The summed E-state index contributed by atoms with van der Waals surface area (Å²) < 4.78 is 1.79. The van der Waals surface area contributed by atoms with E-state index in [0.29, 0.717) is 17.0 Å². The second-order valence-corrected chi connectivity index (χ2v) is 8.98. The van der Waals surface area contributed by atoms with E-state index >= 15 is 0 Å². The molecule has 2 amide bonds. The first-order chi connectivity index (χ1) is 12.8. The Morgan fingerprint density at radius 2 is 2.00 bits per heavy atom. The van der Waals surface area contributed by atoms with E-state index in [2.05, 4.69) is 15.7 Å². The second-order valence-electron chi connectivity index (χ2n) is 7.95. The normalized spacial score (nSPS) is 24.6. The summed E-state index contributed by atoms with van der Waals surface area (Å²) in [7, 11) is 3.75. The number of nitrogens with zero attached hydrogens (tertiary/aromatic N) is 3. The molecule has 2 bridgehead atoms. The number of hydrogen-bond donors (Lipinski definition) is 2. The predicted molar refractivity (Wildman–Crippen MR) is 113 cm³/mol. The van der Waals surface area contributed by atoms with Gasteiger partial charge in [0.2, 0.25) is 5.91 Å². The molecule has 0 aliphatic carbocycles. The van der Waals surface area contributed by atoms with Crippen molar-refractivity contribution in [3.63, 3.8) is 0 Å². The standard InChI is InChI=1S/C19H27N5O2S.ClH/c1-10-15-9-16(27-19(15)24(4)22-10)17(25)20-11(2)18(26)23(3)14-7-12-5-6-13(8-14)21-12;/h9,11-14,21H,5-8H2,1-4H3,(H,20,25);1H. The van der Waals surface area contributed by atoms with Gasteiger partial charge in [-0.1, -0.05) is 0 Å². The van der Waals surface area contributed by atoms with Crippen LogP contribution in [0.4, 0.5) is 0 Å². The Bertz CT molecular complexity index is 848. The Balaban J connectivity index is 0.00000225. The molecule has 2 aliphatic rings. The van der Waals surface area contributed by atoms with Crippen LogP contribution in [0.2, 0.25) is 0 Å². The number of likely N-dealkylation sites (N-methyl/N-ethyl adjacent to an activating group) is 1. The van der Waals surface area contributed by atoms with Gasteiger partial charge in [0, 0.05) is 37.6 Å². The third-order valence-electron chi connectivity index (χ3n) is 5.98. The van der Waals surface area contributed by atoms with Crippen molar-refractivity contribution in [3.05, 3.63) is 16.6 Å². The monoisotopic (exact) mass is 425 g/mol. The molecule has 3 atom stereocenters. The summed E-state index contributed by atoms with van der Waals surface area (Å²) in [5, 5.41) is 11.8. The fraction of sp³-hybridized carbons (Fsp3) is 0.632. The SMILES string of the molecule is Cc1nn(C)c2sc(C(=O)NC(C)C(=O)N(C)C3CC4CCC(C3)N4)cc12.Cl. The number of aromatic nitrogens is 2. The molecule has 2 saturated heterocycles. The van der Waals surface area contributed by atoms with Crippen molar-refractivity contribution in [2.24, 2.45) is 7.05 Å². The number of halogens is 1. The average molecular weight is 426 g/mol. The molecule has 2 aromatic heterocycles. The zero-order chi connectivity index (χ0) is 19.3. The molecule has 2 aliphatic heterocycles. The Morgan fingerprint density at radius 3 is 2.61 bits per heavy atom. The molecule has 9 heteroatoms. The van der Waals surface area contributed by atoms with Gasteiger partial charge in [0.05, 0.1) is 10.6 Å². The highest BCUT2D eigenvalue weighted by molar-refractivity contribution is 7.20. The maximum Gasteiger partial charge on any atom is 0.262 e. The third kappa shape index (κ3) is 3.77. The maximum absolute atomic E-state index is 12.9. The van der Waals surface area contributed by atoms with Crippen LogP contribution in [0, 0.1) is 6.92 Å². The first-order valence-corrected chi connectivity index (χ1v) is 10.4. The lowest BCUT2D eigenvalue weighted by atomic mass is 9.98. The summed E-state index contributed by atoms with van der Waals surface area (Å²) in [6.45, 7) is 3.70. The number of fused-ring (bicyclic) bond motifs is 3. The first-order valence-electron chi connectivity index (χ1n) is 9.60. The minimum atomic E-state index is -0.542. The number of aryl methyl sites for hydroxylation is 2. The van der Waals surface area contributed by atoms with E-state index in [-0.39, 0.29) is 30.3 Å². The number of carbonyl (C=O) groups is 2. The van der Waals surface area contributed by atoms with E-state index in [0.717, 1.165) is 28.8 Å². The molecule has 2 fully saturated rings. The van der Waals surface area contributed by atoms with Crippen molar-refractivity contribution in [2.45, 2.75) is 63.7 Å². The molecule has 0 radical (unpaired) electrons. The summed E-state index contributed by atoms with van der Waals surface area (Å²) in [6.07, 6.45) is 4.41. The number of hydrogen-bond acceptors (Lipinski definition) is 5. The number of rotatable bonds is 4. The van der Waals surface area contributed by atoms with Gasteiger partial charge in [-0.3, -0.25) is 14.3 Å². The molecule has 2 N–H and O–H groups in total. The molecule has 0 aromatic carbocycles. The zero-order valence-electron chi connectivity index (χ0n) is 16.7. The minimum absolute atomic E-state index is 0. The van der Waals surface area contributed by atoms with Gasteiger partial charge in [0.25, 0.3) is 5.91 Å². The lowest BCUT2D eigenvalue weighted by molar-refractivity contribution is -0.134. The summed E-state index contributed by atoms with van der Waals surface area (Å²) >= 11 is 1.41. The molecule has 4 heterocycles. The van der Waals surface area contributed by atoms with Crippen LogP contribution in [0.15, 0.2) is 6.07 Å². The van der Waals surface area contributed by atoms with Crippen molar-refractivity contribution in [2.75, 3.05) is 7.05 Å². The van der Waals surface area contributed by atoms with Crippen LogP contribution in [0.1, 0.15) is 48.0 Å². The van der Waals surface area contributed by atoms with Crippen LogP contribution in [-0.4, -0.2) is 57.7 Å². The van der Waals surface area contributed by atoms with Crippen LogP contribution in [0.5, 0.6) is 0 Å².